The summed E-state index contributed by atoms with van der Waals surface area (Å²) in [5.41, 5.74) is 2.04. The molecule has 0 bridgehead atoms. The van der Waals surface area contributed by atoms with E-state index in [2.05, 4.69) is 9.37 Å². The molecule has 0 unspecified atom stereocenters. The van der Waals surface area contributed by atoms with E-state index in [9.17, 15) is 4.79 Å². The molecule has 0 spiro atoms. The Balaban J connectivity index is 2.23. The first-order valence-electron chi connectivity index (χ1n) is 4.78. The van der Waals surface area contributed by atoms with Crippen molar-refractivity contribution in [2.75, 3.05) is 11.4 Å². The molecule has 0 radical (unpaired) electrons. The van der Waals surface area contributed by atoms with Crippen molar-refractivity contribution in [1.82, 2.24) is 0 Å². The lowest BCUT2D eigenvalue weighted by Gasteiger charge is -2.14. The molecule has 0 fully saturated rings. The Labute approximate surface area is 97.0 Å². The minimum absolute atomic E-state index is 0.0280. The zero-order chi connectivity index (χ0) is 11.5. The number of amides is 1. The third kappa shape index (κ3) is 2.19. The smallest absolute Gasteiger partial charge is 0.223 e. The Morgan fingerprint density at radius 3 is 3.06 bits per heavy atom. The van der Waals surface area contributed by atoms with Crippen LogP contribution in [0.4, 0.5) is 5.69 Å². The number of carbonyl (C=O) groups is 1. The molecule has 86 valence electrons. The maximum atomic E-state index is 11.4. The molecular formula is C10H11NO4S. The second-order valence-corrected chi connectivity index (χ2v) is 4.21. The predicted octanol–water partition coefficient (Wildman–Crippen LogP) is 2.02. The van der Waals surface area contributed by atoms with Crippen LogP contribution in [0.15, 0.2) is 23.1 Å². The van der Waals surface area contributed by atoms with E-state index in [1.54, 1.807) is 11.8 Å². The van der Waals surface area contributed by atoms with Gasteiger partial charge in [-0.25, -0.2) is 5.26 Å². The summed E-state index contributed by atoms with van der Waals surface area (Å²) in [6, 6.07) is 5.64. The maximum Gasteiger partial charge on any atom is 0.223 e. The minimum Gasteiger partial charge on any atom is -0.312 e. The average Bonchev–Trinajstić information content (AvgIpc) is 2.69. The van der Waals surface area contributed by atoms with Gasteiger partial charge in [0.25, 0.3) is 0 Å². The average molecular weight is 241 g/mol. The Hall–Kier alpha value is -1.08. The molecule has 16 heavy (non-hydrogen) atoms. The predicted molar refractivity (Wildman–Crippen MR) is 58.8 cm³/mol. The molecular weight excluding hydrogens is 230 g/mol. The third-order valence-corrected chi connectivity index (χ3v) is 3.07. The first kappa shape index (κ1) is 11.4. The van der Waals surface area contributed by atoms with Gasteiger partial charge in [0.15, 0.2) is 0 Å². The monoisotopic (exact) mass is 241 g/mol. The normalized spacial score (nSPS) is 14.0. The van der Waals surface area contributed by atoms with E-state index in [4.69, 9.17) is 5.26 Å². The number of fused-ring (bicyclic) bond motifs is 1. The highest BCUT2D eigenvalue weighted by molar-refractivity contribution is 7.94. The Bertz CT molecular complexity index is 410. The van der Waals surface area contributed by atoms with Gasteiger partial charge in [0.1, 0.15) is 0 Å². The molecule has 1 amide bonds. The minimum atomic E-state index is 0.0280. The largest absolute Gasteiger partial charge is 0.312 e. The molecule has 6 heteroatoms. The quantitative estimate of drug-likeness (QED) is 0.498. The van der Waals surface area contributed by atoms with Crippen LogP contribution >= 0.6 is 12.0 Å². The fourth-order valence-corrected chi connectivity index (χ4v) is 2.18. The van der Waals surface area contributed by atoms with E-state index >= 15 is 0 Å². The van der Waals surface area contributed by atoms with Gasteiger partial charge < -0.3 is 4.90 Å². The second-order valence-electron chi connectivity index (χ2n) is 3.44. The van der Waals surface area contributed by atoms with Crippen LogP contribution in [0, 0.1) is 0 Å². The van der Waals surface area contributed by atoms with Gasteiger partial charge >= 0.3 is 0 Å². The molecule has 1 aromatic rings. The van der Waals surface area contributed by atoms with Crippen molar-refractivity contribution in [1.29, 1.82) is 0 Å². The topological polar surface area (TPSA) is 59.0 Å². The van der Waals surface area contributed by atoms with Crippen LogP contribution in [0.2, 0.25) is 0 Å². The molecule has 1 aromatic carbocycles. The van der Waals surface area contributed by atoms with Crippen LogP contribution in [0.1, 0.15) is 12.5 Å². The van der Waals surface area contributed by atoms with Crippen LogP contribution in [0.5, 0.6) is 0 Å². The molecule has 1 heterocycles. The van der Waals surface area contributed by atoms with Gasteiger partial charge in [0.05, 0.1) is 12.0 Å². The van der Waals surface area contributed by atoms with E-state index in [0.717, 1.165) is 41.2 Å². The molecule has 0 saturated heterocycles. The van der Waals surface area contributed by atoms with E-state index in [0.29, 0.717) is 0 Å². The number of rotatable bonds is 3. The van der Waals surface area contributed by atoms with E-state index < -0.39 is 0 Å². The number of nitrogens with zero attached hydrogens (tertiary/aromatic N) is 1. The van der Waals surface area contributed by atoms with Crippen molar-refractivity contribution in [3.63, 3.8) is 0 Å². The molecule has 0 saturated carbocycles. The molecule has 0 aliphatic carbocycles. The van der Waals surface area contributed by atoms with Crippen LogP contribution < -0.4 is 4.90 Å². The van der Waals surface area contributed by atoms with Gasteiger partial charge in [0.2, 0.25) is 5.91 Å². The Morgan fingerprint density at radius 2 is 2.38 bits per heavy atom. The summed E-state index contributed by atoms with van der Waals surface area (Å²) in [5, 5.41) is 11.6. The zero-order valence-corrected chi connectivity index (χ0v) is 9.49. The van der Waals surface area contributed by atoms with Crippen LogP contribution in [-0.2, 0) is 20.6 Å². The highest BCUT2D eigenvalue weighted by atomic mass is 32.2. The van der Waals surface area contributed by atoms with E-state index in [-0.39, 0.29) is 5.91 Å². The third-order valence-electron chi connectivity index (χ3n) is 2.49. The van der Waals surface area contributed by atoms with Gasteiger partial charge in [0, 0.05) is 24.1 Å². The number of hydrogen-bond acceptors (Lipinski definition) is 5. The molecule has 1 N–H and O–H groups in total. The highest BCUT2D eigenvalue weighted by Crippen LogP contribution is 2.32. The summed E-state index contributed by atoms with van der Waals surface area (Å²) in [5.74, 6) is 0.0280. The SMILES string of the molecule is CC(=O)N1CCc2ccc(SOOO)cc21. The van der Waals surface area contributed by atoms with Crippen molar-refractivity contribution < 1.29 is 19.4 Å². The molecule has 0 atom stereocenters. The Morgan fingerprint density at radius 1 is 1.56 bits per heavy atom. The van der Waals surface area contributed by atoms with Gasteiger partial charge in [-0.15, -0.1) is 4.33 Å². The summed E-state index contributed by atoms with van der Waals surface area (Å²) >= 11 is 0.890. The zero-order valence-electron chi connectivity index (χ0n) is 8.67. The van der Waals surface area contributed by atoms with Gasteiger partial charge in [-0.1, -0.05) is 11.1 Å². The summed E-state index contributed by atoms with van der Waals surface area (Å²) < 4.78 is 4.34. The lowest BCUT2D eigenvalue weighted by atomic mass is 10.2. The van der Waals surface area contributed by atoms with E-state index in [1.807, 2.05) is 18.2 Å². The van der Waals surface area contributed by atoms with Crippen molar-refractivity contribution in [3.05, 3.63) is 23.8 Å². The van der Waals surface area contributed by atoms with Crippen molar-refractivity contribution in [3.8, 4) is 0 Å². The number of carbonyl (C=O) groups excluding carboxylic acids is 1. The standard InChI is InChI=1S/C10H11NO4S/c1-7(12)11-5-4-8-2-3-9(6-10(8)11)16-15-14-13/h2-3,6,13H,4-5H2,1H3. The second kappa shape index (κ2) is 4.84. The number of hydrogen-bond donors (Lipinski definition) is 1. The van der Waals surface area contributed by atoms with Crippen molar-refractivity contribution in [2.45, 2.75) is 18.2 Å². The maximum absolute atomic E-state index is 11.4. The number of anilines is 1. The Kier molecular flexibility index (Phi) is 3.45. The number of benzene rings is 1. The highest BCUT2D eigenvalue weighted by Gasteiger charge is 2.22. The molecule has 5 nitrogen and oxygen atoms in total. The summed E-state index contributed by atoms with van der Waals surface area (Å²) in [6.07, 6.45) is 0.872. The van der Waals surface area contributed by atoms with E-state index in [1.165, 1.54) is 0 Å². The van der Waals surface area contributed by atoms with Crippen molar-refractivity contribution in [2.24, 2.45) is 0 Å². The lowest BCUT2D eigenvalue weighted by molar-refractivity contribution is -0.432. The van der Waals surface area contributed by atoms with Gasteiger partial charge in [-0.3, -0.25) is 4.79 Å². The van der Waals surface area contributed by atoms with Crippen molar-refractivity contribution >= 4 is 23.6 Å². The molecule has 1 aliphatic heterocycles. The van der Waals surface area contributed by atoms with Crippen LogP contribution in [0.25, 0.3) is 0 Å². The lowest BCUT2D eigenvalue weighted by Crippen LogP contribution is -2.25. The fourth-order valence-electron chi connectivity index (χ4n) is 1.79. The van der Waals surface area contributed by atoms with Gasteiger partial charge in [-0.05, 0) is 24.1 Å². The molecule has 2 rings (SSSR count). The molecule has 1 aliphatic rings. The van der Waals surface area contributed by atoms with Crippen LogP contribution in [-0.4, -0.2) is 17.7 Å². The van der Waals surface area contributed by atoms with Crippen LogP contribution in [0.3, 0.4) is 0 Å². The first-order chi connectivity index (χ1) is 7.72. The summed E-state index contributed by atoms with van der Waals surface area (Å²) in [4.78, 5) is 13.8. The summed E-state index contributed by atoms with van der Waals surface area (Å²) in [6.45, 7) is 2.26. The van der Waals surface area contributed by atoms with Gasteiger partial charge in [-0.2, -0.15) is 0 Å². The molecule has 0 aromatic heterocycles. The fraction of sp³-hybridized carbons (Fsp3) is 0.300. The first-order valence-corrected chi connectivity index (χ1v) is 5.52. The summed E-state index contributed by atoms with van der Waals surface area (Å²) in [7, 11) is 0.